The molecule has 1 amide bonds. The highest BCUT2D eigenvalue weighted by atomic mass is 32.2. The number of pyridine rings is 1. The number of sulfone groups is 1. The van der Waals surface area contributed by atoms with Crippen LogP contribution in [0.2, 0.25) is 0 Å². The fourth-order valence-electron chi connectivity index (χ4n) is 3.04. The first-order valence-electron chi connectivity index (χ1n) is 9.11. The van der Waals surface area contributed by atoms with E-state index in [0.717, 1.165) is 17.8 Å². The Morgan fingerprint density at radius 3 is 2.27 bits per heavy atom. The molecule has 0 saturated heterocycles. The summed E-state index contributed by atoms with van der Waals surface area (Å²) in [5.41, 5.74) is -1.70. The molecule has 0 radical (unpaired) electrons. The Labute approximate surface area is 182 Å². The highest BCUT2D eigenvalue weighted by molar-refractivity contribution is 7.91. The highest BCUT2D eigenvalue weighted by Crippen LogP contribution is 2.33. The lowest BCUT2D eigenvalue weighted by molar-refractivity contribution is -0.141. The number of fused-ring (bicyclic) bond motifs is 1. The normalized spacial score (nSPS) is 13.0. The number of aromatic nitrogens is 5. The summed E-state index contributed by atoms with van der Waals surface area (Å²) in [5.74, 6) is -2.62. The Morgan fingerprint density at radius 2 is 1.73 bits per heavy atom. The summed E-state index contributed by atoms with van der Waals surface area (Å²) in [4.78, 5) is 23.6. The van der Waals surface area contributed by atoms with Crippen molar-refractivity contribution in [3.05, 3.63) is 23.8 Å². The van der Waals surface area contributed by atoms with E-state index < -0.39 is 62.6 Å². The van der Waals surface area contributed by atoms with Crippen molar-refractivity contribution >= 4 is 26.8 Å². The second-order valence-corrected chi connectivity index (χ2v) is 9.09. The van der Waals surface area contributed by atoms with Crippen molar-refractivity contribution in [1.82, 2.24) is 29.4 Å². The second-order valence-electron chi connectivity index (χ2n) is 6.90. The molecule has 33 heavy (non-hydrogen) atoms. The molecule has 0 aliphatic rings. The smallest absolute Gasteiger partial charge is 0.340 e. The van der Waals surface area contributed by atoms with Crippen LogP contribution in [0.5, 0.6) is 0 Å². The zero-order chi connectivity index (χ0) is 24.9. The molecular weight excluding hydrogens is 482 g/mol. The van der Waals surface area contributed by atoms with E-state index in [1.165, 1.54) is 18.5 Å². The van der Waals surface area contributed by atoms with Crippen molar-refractivity contribution in [3.8, 4) is 11.5 Å². The summed E-state index contributed by atoms with van der Waals surface area (Å²) in [7, 11) is -1.62. The third-order valence-corrected chi connectivity index (χ3v) is 6.46. The molecule has 0 bridgehead atoms. The molecule has 3 heterocycles. The summed E-state index contributed by atoms with van der Waals surface area (Å²) in [6, 6.07) is 0.659. The van der Waals surface area contributed by atoms with Crippen LogP contribution in [-0.4, -0.2) is 56.9 Å². The first-order chi connectivity index (χ1) is 15.1. The van der Waals surface area contributed by atoms with Gasteiger partial charge in [-0.25, -0.2) is 23.4 Å². The van der Waals surface area contributed by atoms with Crippen LogP contribution in [0.15, 0.2) is 17.3 Å². The molecule has 0 aliphatic heterocycles. The molecular formula is C17H16F6N6O3S. The van der Waals surface area contributed by atoms with Gasteiger partial charge in [0.05, 0.1) is 23.0 Å². The minimum atomic E-state index is -4.75. The standard InChI is InChI=1S/C17H16F6N6O3S/c1-4-33(31,32)15-11(27-13(29(15)3)14(30)25-7-16(18,19)20)12-26-8-5-10(17(21,22)23)24-6-9(8)28(12)2/h5-6H,4,7H2,1-3H3,(H,25,30). The van der Waals surface area contributed by atoms with Gasteiger partial charge in [-0.2, -0.15) is 26.3 Å². The van der Waals surface area contributed by atoms with Gasteiger partial charge in [-0.05, 0) is 6.07 Å². The van der Waals surface area contributed by atoms with Crippen LogP contribution in [0.3, 0.4) is 0 Å². The fourth-order valence-corrected chi connectivity index (χ4v) is 4.25. The van der Waals surface area contributed by atoms with Crippen LogP contribution >= 0.6 is 0 Å². The van der Waals surface area contributed by atoms with Crippen LogP contribution in [0.4, 0.5) is 26.3 Å². The number of amides is 1. The number of nitrogens with one attached hydrogen (secondary N) is 1. The highest BCUT2D eigenvalue weighted by Gasteiger charge is 2.35. The van der Waals surface area contributed by atoms with Gasteiger partial charge in [-0.3, -0.25) is 4.79 Å². The molecule has 9 nitrogen and oxygen atoms in total. The van der Waals surface area contributed by atoms with Crippen molar-refractivity contribution in [2.45, 2.75) is 24.3 Å². The van der Waals surface area contributed by atoms with Crippen LogP contribution < -0.4 is 5.32 Å². The minimum Gasteiger partial charge on any atom is -0.340 e. The van der Waals surface area contributed by atoms with Crippen molar-refractivity contribution in [2.75, 3.05) is 12.3 Å². The molecule has 3 aromatic heterocycles. The van der Waals surface area contributed by atoms with Crippen molar-refractivity contribution in [2.24, 2.45) is 14.1 Å². The summed E-state index contributed by atoms with van der Waals surface area (Å²) < 4.78 is 104. The number of carbonyl (C=O) groups excluding carboxylic acids is 1. The van der Waals surface area contributed by atoms with E-state index in [4.69, 9.17) is 0 Å². The summed E-state index contributed by atoms with van der Waals surface area (Å²) in [5, 5.41) is 1.08. The Balaban J connectivity index is 2.22. The van der Waals surface area contributed by atoms with Crippen LogP contribution in [0, 0.1) is 0 Å². The molecule has 3 aromatic rings. The predicted octanol–water partition coefficient (Wildman–Crippen LogP) is 2.47. The van der Waals surface area contributed by atoms with E-state index in [0.29, 0.717) is 6.07 Å². The molecule has 0 unspecified atom stereocenters. The van der Waals surface area contributed by atoms with E-state index >= 15 is 0 Å². The van der Waals surface area contributed by atoms with Gasteiger partial charge in [0.2, 0.25) is 0 Å². The topological polar surface area (TPSA) is 112 Å². The van der Waals surface area contributed by atoms with E-state index in [1.807, 2.05) is 0 Å². The minimum absolute atomic E-state index is 0.103. The maximum Gasteiger partial charge on any atom is 0.433 e. The number of imidazole rings is 2. The van der Waals surface area contributed by atoms with Crippen LogP contribution in [-0.2, 0) is 30.1 Å². The quantitative estimate of drug-likeness (QED) is 0.541. The van der Waals surface area contributed by atoms with Gasteiger partial charge in [0.1, 0.15) is 17.9 Å². The maximum absolute atomic E-state index is 13.0. The molecule has 16 heteroatoms. The zero-order valence-corrected chi connectivity index (χ0v) is 18.0. The van der Waals surface area contributed by atoms with Crippen LogP contribution in [0.1, 0.15) is 23.2 Å². The van der Waals surface area contributed by atoms with E-state index in [9.17, 15) is 39.6 Å². The number of carbonyl (C=O) groups is 1. The van der Waals surface area contributed by atoms with Gasteiger partial charge in [-0.1, -0.05) is 6.92 Å². The average Bonchev–Trinajstić information content (AvgIpc) is 3.22. The van der Waals surface area contributed by atoms with Gasteiger partial charge in [-0.15, -0.1) is 0 Å². The SMILES string of the molecule is CCS(=O)(=O)c1c(-c2nc3cc(C(F)(F)F)ncc3n2C)nc(C(=O)NCC(F)(F)F)n1C. The number of rotatable bonds is 5. The summed E-state index contributed by atoms with van der Waals surface area (Å²) in [6.07, 6.45) is -8.58. The zero-order valence-electron chi connectivity index (χ0n) is 17.2. The molecule has 0 aliphatic carbocycles. The Bertz CT molecular complexity index is 1340. The molecule has 1 N–H and O–H groups in total. The Morgan fingerprint density at radius 1 is 1.09 bits per heavy atom. The van der Waals surface area contributed by atoms with Crippen molar-refractivity contribution < 1.29 is 39.6 Å². The number of aryl methyl sites for hydroxylation is 1. The lowest BCUT2D eigenvalue weighted by Crippen LogP contribution is -2.35. The van der Waals surface area contributed by atoms with Gasteiger partial charge >= 0.3 is 12.4 Å². The number of hydrogen-bond acceptors (Lipinski definition) is 6. The number of halogens is 6. The van der Waals surface area contributed by atoms with Gasteiger partial charge in [0.25, 0.3) is 5.91 Å². The fraction of sp³-hybridized carbons (Fsp3) is 0.412. The van der Waals surface area contributed by atoms with Gasteiger partial charge < -0.3 is 14.5 Å². The monoisotopic (exact) mass is 498 g/mol. The molecule has 0 spiro atoms. The molecule has 180 valence electrons. The first-order valence-corrected chi connectivity index (χ1v) is 10.8. The lowest BCUT2D eigenvalue weighted by atomic mass is 10.3. The maximum atomic E-state index is 13.0. The molecule has 3 rings (SSSR count). The van der Waals surface area contributed by atoms with E-state index in [-0.39, 0.29) is 16.9 Å². The lowest BCUT2D eigenvalue weighted by Gasteiger charge is -2.09. The van der Waals surface area contributed by atoms with Gasteiger partial charge in [0.15, 0.2) is 26.5 Å². The molecule has 0 aromatic carbocycles. The second kappa shape index (κ2) is 8.00. The molecule has 0 saturated carbocycles. The Kier molecular flexibility index (Phi) is 5.93. The number of hydrogen-bond donors (Lipinski definition) is 1. The third-order valence-electron chi connectivity index (χ3n) is 4.64. The largest absolute Gasteiger partial charge is 0.433 e. The van der Waals surface area contributed by atoms with E-state index in [1.54, 1.807) is 5.32 Å². The predicted molar refractivity (Wildman–Crippen MR) is 102 cm³/mol. The number of nitrogens with zero attached hydrogens (tertiary/aromatic N) is 5. The van der Waals surface area contributed by atoms with Crippen molar-refractivity contribution in [3.63, 3.8) is 0 Å². The van der Waals surface area contributed by atoms with Crippen LogP contribution in [0.25, 0.3) is 22.6 Å². The summed E-state index contributed by atoms with van der Waals surface area (Å²) >= 11 is 0. The van der Waals surface area contributed by atoms with E-state index in [2.05, 4.69) is 15.0 Å². The molecule has 0 fully saturated rings. The summed E-state index contributed by atoms with van der Waals surface area (Å²) in [6.45, 7) is -0.383. The number of alkyl halides is 6. The van der Waals surface area contributed by atoms with Crippen molar-refractivity contribution in [1.29, 1.82) is 0 Å². The molecule has 0 atom stereocenters. The first kappa shape index (κ1) is 24.5. The Hall–Kier alpha value is -3.17. The average molecular weight is 498 g/mol. The third kappa shape index (κ3) is 4.65. The van der Waals surface area contributed by atoms with Gasteiger partial charge in [0, 0.05) is 14.1 Å².